The summed E-state index contributed by atoms with van der Waals surface area (Å²) in [7, 11) is 0. The Morgan fingerprint density at radius 3 is 2.32 bits per heavy atom. The van der Waals surface area contributed by atoms with E-state index in [-0.39, 0.29) is 11.9 Å². The van der Waals surface area contributed by atoms with Crippen LogP contribution in [0.15, 0.2) is 18.3 Å². The van der Waals surface area contributed by atoms with Gasteiger partial charge in [0.15, 0.2) is 5.60 Å². The number of hydrogen-bond acceptors (Lipinski definition) is 4. The summed E-state index contributed by atoms with van der Waals surface area (Å²) in [4.78, 5) is 39.0. The zero-order chi connectivity index (χ0) is 17.9. The molecule has 0 unspecified atom stereocenters. The summed E-state index contributed by atoms with van der Waals surface area (Å²) in [5.74, 6) is 0.0364. The average Bonchev–Trinajstić information content (AvgIpc) is 3.13. The first-order chi connectivity index (χ1) is 12.1. The minimum absolute atomic E-state index is 0.0364. The summed E-state index contributed by atoms with van der Waals surface area (Å²) < 4.78 is 7.13. The SMILES string of the molecule is CC(=O)N1CCN(C(=O)n2cccc2C2(OC=O)CCCCC2)CC1. The third-order valence-corrected chi connectivity index (χ3v) is 5.35. The number of piperazine rings is 1. The average molecular weight is 347 g/mol. The molecule has 7 heteroatoms. The minimum Gasteiger partial charge on any atom is -0.455 e. The maximum atomic E-state index is 13.0. The zero-order valence-electron chi connectivity index (χ0n) is 14.6. The Bertz CT molecular complexity index is 641. The van der Waals surface area contributed by atoms with Crippen molar-refractivity contribution in [3.63, 3.8) is 0 Å². The van der Waals surface area contributed by atoms with E-state index in [2.05, 4.69) is 0 Å². The second-order valence-electron chi connectivity index (χ2n) is 6.81. The van der Waals surface area contributed by atoms with Gasteiger partial charge < -0.3 is 14.5 Å². The Balaban J connectivity index is 1.80. The number of carbonyl (C=O) groups is 3. The zero-order valence-corrected chi connectivity index (χ0v) is 14.6. The van der Waals surface area contributed by atoms with Crippen molar-refractivity contribution < 1.29 is 19.1 Å². The molecule has 136 valence electrons. The quantitative estimate of drug-likeness (QED) is 0.784. The van der Waals surface area contributed by atoms with E-state index >= 15 is 0 Å². The van der Waals surface area contributed by atoms with Crippen LogP contribution in [0.5, 0.6) is 0 Å². The Labute approximate surface area is 147 Å². The van der Waals surface area contributed by atoms with Crippen molar-refractivity contribution in [1.29, 1.82) is 0 Å². The molecular weight excluding hydrogens is 322 g/mol. The Kier molecular flexibility index (Phi) is 5.11. The van der Waals surface area contributed by atoms with Gasteiger partial charge in [-0.25, -0.2) is 4.79 Å². The third-order valence-electron chi connectivity index (χ3n) is 5.35. The number of ether oxygens (including phenoxy) is 1. The molecule has 1 aliphatic carbocycles. The molecule has 0 N–H and O–H groups in total. The molecule has 0 aromatic carbocycles. The number of hydrogen-bond donors (Lipinski definition) is 0. The molecule has 0 atom stereocenters. The lowest BCUT2D eigenvalue weighted by Gasteiger charge is -2.38. The van der Waals surface area contributed by atoms with E-state index in [1.54, 1.807) is 27.5 Å². The third kappa shape index (κ3) is 3.41. The van der Waals surface area contributed by atoms with Crippen LogP contribution >= 0.6 is 0 Å². The highest BCUT2D eigenvalue weighted by molar-refractivity contribution is 5.79. The smallest absolute Gasteiger partial charge is 0.328 e. The van der Waals surface area contributed by atoms with Gasteiger partial charge in [0.2, 0.25) is 5.91 Å². The molecule has 3 rings (SSSR count). The summed E-state index contributed by atoms with van der Waals surface area (Å²) in [6.07, 6.45) is 6.28. The van der Waals surface area contributed by atoms with Gasteiger partial charge in [0.05, 0.1) is 5.69 Å². The predicted molar refractivity (Wildman–Crippen MR) is 91.0 cm³/mol. The van der Waals surface area contributed by atoms with Crippen molar-refractivity contribution in [2.24, 2.45) is 0 Å². The van der Waals surface area contributed by atoms with E-state index in [1.165, 1.54) is 0 Å². The van der Waals surface area contributed by atoms with Gasteiger partial charge in [-0.1, -0.05) is 6.42 Å². The molecule has 0 radical (unpaired) electrons. The Morgan fingerprint density at radius 2 is 1.72 bits per heavy atom. The second-order valence-corrected chi connectivity index (χ2v) is 6.81. The van der Waals surface area contributed by atoms with Crippen molar-refractivity contribution in [3.8, 4) is 0 Å². The molecular formula is C18H25N3O4. The molecule has 1 saturated heterocycles. The fourth-order valence-electron chi connectivity index (χ4n) is 3.93. The van der Waals surface area contributed by atoms with Crippen LogP contribution in [0.1, 0.15) is 44.7 Å². The van der Waals surface area contributed by atoms with Gasteiger partial charge in [-0.15, -0.1) is 0 Å². The van der Waals surface area contributed by atoms with Gasteiger partial charge in [-0.05, 0) is 37.8 Å². The molecule has 1 aromatic rings. The lowest BCUT2D eigenvalue weighted by atomic mass is 9.82. The molecule has 25 heavy (non-hydrogen) atoms. The first-order valence-corrected chi connectivity index (χ1v) is 8.91. The molecule has 7 nitrogen and oxygen atoms in total. The number of nitrogens with zero attached hydrogens (tertiary/aromatic N) is 3. The van der Waals surface area contributed by atoms with E-state index in [1.807, 2.05) is 12.1 Å². The lowest BCUT2D eigenvalue weighted by Crippen LogP contribution is -2.51. The van der Waals surface area contributed by atoms with E-state index in [0.29, 0.717) is 32.7 Å². The fourth-order valence-corrected chi connectivity index (χ4v) is 3.93. The van der Waals surface area contributed by atoms with Gasteiger partial charge in [-0.2, -0.15) is 0 Å². The largest absolute Gasteiger partial charge is 0.455 e. The Morgan fingerprint density at radius 1 is 1.08 bits per heavy atom. The normalized spacial score (nSPS) is 20.2. The lowest BCUT2D eigenvalue weighted by molar-refractivity contribution is -0.149. The molecule has 1 aliphatic heterocycles. The molecule has 0 bridgehead atoms. The van der Waals surface area contributed by atoms with E-state index in [4.69, 9.17) is 4.74 Å². The van der Waals surface area contributed by atoms with Crippen LogP contribution in [0.3, 0.4) is 0 Å². The van der Waals surface area contributed by atoms with Crippen LogP contribution in [-0.4, -0.2) is 59.0 Å². The maximum Gasteiger partial charge on any atom is 0.328 e. The van der Waals surface area contributed by atoms with Crippen molar-refractivity contribution in [2.75, 3.05) is 26.2 Å². The monoisotopic (exact) mass is 347 g/mol. The summed E-state index contributed by atoms with van der Waals surface area (Å²) in [6, 6.07) is 3.57. The first-order valence-electron chi connectivity index (χ1n) is 8.91. The standard InChI is InChI=1S/C18H25N3O4/c1-15(23)19-10-12-20(13-11-19)17(24)21-9-5-6-16(21)18(25-14-22)7-3-2-4-8-18/h5-6,9,14H,2-4,7-8,10-13H2,1H3. The van der Waals surface area contributed by atoms with Crippen LogP contribution in [0.4, 0.5) is 4.79 Å². The van der Waals surface area contributed by atoms with E-state index in [0.717, 1.165) is 37.8 Å². The minimum atomic E-state index is -0.708. The van der Waals surface area contributed by atoms with Gasteiger partial charge in [-0.3, -0.25) is 14.2 Å². The van der Waals surface area contributed by atoms with Gasteiger partial charge in [0, 0.05) is 39.3 Å². The molecule has 0 spiro atoms. The highest BCUT2D eigenvalue weighted by Crippen LogP contribution is 2.40. The number of amides is 2. The molecule has 1 aromatic heterocycles. The summed E-state index contributed by atoms with van der Waals surface area (Å²) in [5.41, 5.74) is 0.0405. The van der Waals surface area contributed by atoms with E-state index < -0.39 is 5.60 Å². The van der Waals surface area contributed by atoms with Crippen LogP contribution in [0.25, 0.3) is 0 Å². The highest BCUT2D eigenvalue weighted by atomic mass is 16.5. The molecule has 2 fully saturated rings. The van der Waals surface area contributed by atoms with E-state index in [9.17, 15) is 14.4 Å². The topological polar surface area (TPSA) is 71.8 Å². The van der Waals surface area contributed by atoms with Crippen LogP contribution in [0.2, 0.25) is 0 Å². The summed E-state index contributed by atoms with van der Waals surface area (Å²) in [6.45, 7) is 4.17. The van der Waals surface area contributed by atoms with Crippen molar-refractivity contribution in [3.05, 3.63) is 24.0 Å². The van der Waals surface area contributed by atoms with Crippen molar-refractivity contribution in [1.82, 2.24) is 14.4 Å². The van der Waals surface area contributed by atoms with Gasteiger partial charge >= 0.3 is 6.03 Å². The Hall–Kier alpha value is -2.31. The number of rotatable bonds is 3. The molecule has 2 aliphatic rings. The molecule has 1 saturated carbocycles. The fraction of sp³-hybridized carbons (Fsp3) is 0.611. The van der Waals surface area contributed by atoms with Gasteiger partial charge in [0.1, 0.15) is 0 Å². The predicted octanol–water partition coefficient (Wildman–Crippen LogP) is 1.95. The van der Waals surface area contributed by atoms with Crippen LogP contribution in [-0.2, 0) is 19.9 Å². The van der Waals surface area contributed by atoms with Crippen molar-refractivity contribution >= 4 is 18.4 Å². The maximum absolute atomic E-state index is 13.0. The van der Waals surface area contributed by atoms with Gasteiger partial charge in [0.25, 0.3) is 6.47 Å². The second kappa shape index (κ2) is 7.29. The van der Waals surface area contributed by atoms with Crippen LogP contribution < -0.4 is 0 Å². The first kappa shape index (κ1) is 17.5. The number of aromatic nitrogens is 1. The highest BCUT2D eigenvalue weighted by Gasteiger charge is 2.39. The summed E-state index contributed by atoms with van der Waals surface area (Å²) in [5, 5.41) is 0. The summed E-state index contributed by atoms with van der Waals surface area (Å²) >= 11 is 0. The molecule has 2 heterocycles. The van der Waals surface area contributed by atoms with Crippen molar-refractivity contribution in [2.45, 2.75) is 44.6 Å². The molecule has 2 amide bonds. The number of carbonyl (C=O) groups excluding carboxylic acids is 3. The van der Waals surface area contributed by atoms with Crippen LogP contribution in [0, 0.1) is 0 Å².